The number of rotatable bonds is 79. The Morgan fingerprint density at radius 1 is 0.276 bits per heavy atom. The van der Waals surface area contributed by atoms with Crippen LogP contribution >= 0.6 is 15.6 Å². The molecule has 16 nitrogen and oxygen atoms in total. The zero-order valence-electron chi connectivity index (χ0n) is 66.4. The summed E-state index contributed by atoms with van der Waals surface area (Å²) in [4.78, 5) is 58.6. The normalized spacial score (nSPS) is 14.5. The summed E-state index contributed by atoms with van der Waals surface area (Å²) >= 11 is 0. The first-order chi connectivity index (χ1) is 51.2. The Morgan fingerprint density at radius 3 is 0.829 bits per heavy atom. The molecule has 5 unspecified atom stereocenters. The number of phosphoric ester groups is 2. The Bertz CT molecular complexity index is 2390. The summed E-state index contributed by atoms with van der Waals surface area (Å²) in [5.74, 6) is -1.60. The molecule has 0 aromatic heterocycles. The highest BCUT2D eigenvalue weighted by atomic mass is 31.2. The van der Waals surface area contributed by atoms with E-state index in [9.17, 15) is 43.5 Å². The number of unbranched alkanes of at least 4 members (excludes halogenated alkanes) is 36. The molecule has 0 aromatic rings. The molecule has 0 heterocycles. The molecule has 606 valence electrons. The molecule has 0 saturated carbocycles. The van der Waals surface area contributed by atoms with Crippen LogP contribution < -0.4 is 0 Å². The first-order valence-corrected chi connectivity index (χ1v) is 44.8. The van der Waals surface area contributed by atoms with Gasteiger partial charge in [0.1, 0.15) is 25.4 Å². The van der Waals surface area contributed by atoms with Crippen LogP contribution in [0.3, 0.4) is 0 Å². The minimum atomic E-state index is -4.93. The molecule has 0 rings (SSSR count). The lowest BCUT2D eigenvalue weighted by Crippen LogP contribution is -2.30. The van der Waals surface area contributed by atoms with Crippen LogP contribution in [0.15, 0.2) is 122 Å². The van der Waals surface area contributed by atoms with Crippen LogP contribution in [-0.2, 0) is 55.8 Å². The van der Waals surface area contributed by atoms with E-state index < -0.39 is 91.5 Å². The smallest absolute Gasteiger partial charge is 0.463 e. The standard InChI is InChI=1S/C87H152O16P2/c1-4-7-10-13-16-19-22-25-27-29-31-33-34-35-36-37-38-39-40-41-42-43-44-45-46-48-50-51-53-56-58-61-64-67-70-73-85(90)97-76-82(88)77-99-104(93,94)100-78-83(89)79-101-105(95,96)102-81-84(103-87(92)75-72-69-66-63-60-55-24-21-18-15-12-9-6-3)80-98-86(91)74-71-68-65-62-59-57-54-52-49-47-32-30-28-26-23-20-17-14-11-8-5-2/h7,10,16-17,19-21,24-28,31-33,35-36,47,52,54,82-84,88-89H,4-6,8-9,11-15,18,22-23,29-30,34,37-46,48-51,53,55-81H2,1-3H3,(H,93,94)(H,95,96)/b10-7-,19-16-,20-17-,24-21-,27-25-,28-26-,33-31-,36-35-,47-32-,54-52-. The Hall–Kier alpha value is -4.05. The van der Waals surface area contributed by atoms with E-state index in [0.717, 1.165) is 141 Å². The van der Waals surface area contributed by atoms with Crippen molar-refractivity contribution in [3.8, 4) is 0 Å². The van der Waals surface area contributed by atoms with Gasteiger partial charge < -0.3 is 34.2 Å². The summed E-state index contributed by atoms with van der Waals surface area (Å²) in [6, 6.07) is 0. The minimum Gasteiger partial charge on any atom is -0.463 e. The predicted molar refractivity (Wildman–Crippen MR) is 436 cm³/mol. The van der Waals surface area contributed by atoms with Gasteiger partial charge in [0.25, 0.3) is 0 Å². The average Bonchev–Trinajstić information content (AvgIpc) is 1.03. The molecular weight excluding hydrogens is 1360 g/mol. The molecule has 0 aromatic carbocycles. The second kappa shape index (κ2) is 79.5. The number of carbonyl (C=O) groups is 3. The van der Waals surface area contributed by atoms with Gasteiger partial charge in [-0.25, -0.2) is 9.13 Å². The van der Waals surface area contributed by atoms with Gasteiger partial charge in [-0.05, 0) is 135 Å². The topological polar surface area (TPSA) is 231 Å². The van der Waals surface area contributed by atoms with Crippen LogP contribution in [0.2, 0.25) is 0 Å². The van der Waals surface area contributed by atoms with Crippen LogP contribution in [0.1, 0.15) is 355 Å². The van der Waals surface area contributed by atoms with Gasteiger partial charge in [0, 0.05) is 19.3 Å². The third-order valence-corrected chi connectivity index (χ3v) is 19.5. The van der Waals surface area contributed by atoms with Crippen molar-refractivity contribution >= 4 is 33.6 Å². The lowest BCUT2D eigenvalue weighted by atomic mass is 10.0. The average molecular weight is 1520 g/mol. The third-order valence-electron chi connectivity index (χ3n) is 17.6. The molecule has 0 aliphatic rings. The zero-order valence-corrected chi connectivity index (χ0v) is 68.2. The molecule has 105 heavy (non-hydrogen) atoms. The van der Waals surface area contributed by atoms with Gasteiger partial charge in [0.15, 0.2) is 6.10 Å². The largest absolute Gasteiger partial charge is 0.472 e. The molecule has 5 atom stereocenters. The van der Waals surface area contributed by atoms with Crippen molar-refractivity contribution in [2.45, 2.75) is 373 Å². The zero-order chi connectivity index (χ0) is 76.6. The lowest BCUT2D eigenvalue weighted by molar-refractivity contribution is -0.161. The Balaban J connectivity index is 4.38. The predicted octanol–water partition coefficient (Wildman–Crippen LogP) is 24.9. The first-order valence-electron chi connectivity index (χ1n) is 41.8. The maximum atomic E-state index is 12.9. The monoisotopic (exact) mass is 1520 g/mol. The van der Waals surface area contributed by atoms with E-state index >= 15 is 0 Å². The molecule has 0 aliphatic carbocycles. The summed E-state index contributed by atoms with van der Waals surface area (Å²) in [5.41, 5.74) is 0. The van der Waals surface area contributed by atoms with Gasteiger partial charge in [-0.3, -0.25) is 32.5 Å². The van der Waals surface area contributed by atoms with E-state index in [-0.39, 0.29) is 19.3 Å². The number of hydrogen-bond donors (Lipinski definition) is 4. The molecule has 0 amide bonds. The molecule has 0 fully saturated rings. The SMILES string of the molecule is CC/C=C\C/C=C\C/C=C\C/C=C\C/C=C\CCCCCCCCCCCCCCCCCCCCCC(=O)OCC(O)COP(=O)(O)OCC(O)COP(=O)(O)OCC(COC(=O)CCCCCCC/C=C\C/C=C\C/C=C\C/C=C\CCCCC)OC(=O)CCCCCCC/C=C\CCCCCC. The Morgan fingerprint density at radius 2 is 0.505 bits per heavy atom. The number of phosphoric acid groups is 2. The van der Waals surface area contributed by atoms with Crippen LogP contribution in [-0.4, -0.2) is 95.9 Å². The van der Waals surface area contributed by atoms with Crippen molar-refractivity contribution in [3.63, 3.8) is 0 Å². The van der Waals surface area contributed by atoms with E-state index in [4.69, 9.17) is 32.3 Å². The Labute approximate surface area is 640 Å². The summed E-state index contributed by atoms with van der Waals surface area (Å²) in [6.07, 6.45) is 95.5. The summed E-state index contributed by atoms with van der Waals surface area (Å²) in [6.45, 7) is 2.52. The van der Waals surface area contributed by atoms with Crippen molar-refractivity contribution in [1.82, 2.24) is 0 Å². The highest BCUT2D eigenvalue weighted by molar-refractivity contribution is 7.47. The second-order valence-corrected chi connectivity index (χ2v) is 30.8. The number of aliphatic hydroxyl groups excluding tert-OH is 2. The van der Waals surface area contributed by atoms with Gasteiger partial charge in [-0.1, -0.05) is 322 Å². The molecule has 0 saturated heterocycles. The van der Waals surface area contributed by atoms with Gasteiger partial charge in [0.2, 0.25) is 0 Å². The molecule has 0 aliphatic heterocycles. The van der Waals surface area contributed by atoms with E-state index in [2.05, 4.69) is 142 Å². The fourth-order valence-corrected chi connectivity index (χ4v) is 12.9. The summed E-state index contributed by atoms with van der Waals surface area (Å²) in [7, 11) is -9.79. The van der Waals surface area contributed by atoms with Crippen molar-refractivity contribution < 1.29 is 75.8 Å². The number of esters is 3. The maximum Gasteiger partial charge on any atom is 0.472 e. The van der Waals surface area contributed by atoms with Gasteiger partial charge in [-0.15, -0.1) is 0 Å². The van der Waals surface area contributed by atoms with E-state index in [1.807, 2.05) is 0 Å². The third kappa shape index (κ3) is 80.8. The second-order valence-electron chi connectivity index (χ2n) is 27.9. The Kier molecular flexibility index (Phi) is 76.4. The fraction of sp³-hybridized carbons (Fsp3) is 0.736. The highest BCUT2D eigenvalue weighted by Gasteiger charge is 2.29. The molecule has 0 radical (unpaired) electrons. The molecule has 18 heteroatoms. The first kappa shape index (κ1) is 101. The quantitative estimate of drug-likeness (QED) is 0.0146. The minimum absolute atomic E-state index is 0.0897. The fourth-order valence-electron chi connectivity index (χ4n) is 11.3. The van der Waals surface area contributed by atoms with E-state index in [1.54, 1.807) is 0 Å². The number of ether oxygens (including phenoxy) is 3. The van der Waals surface area contributed by atoms with Crippen LogP contribution in [0.4, 0.5) is 0 Å². The number of carbonyl (C=O) groups excluding carboxylic acids is 3. The van der Waals surface area contributed by atoms with Crippen LogP contribution in [0.5, 0.6) is 0 Å². The van der Waals surface area contributed by atoms with Crippen molar-refractivity contribution in [2.75, 3.05) is 39.6 Å². The number of hydrogen-bond acceptors (Lipinski definition) is 14. The lowest BCUT2D eigenvalue weighted by Gasteiger charge is -2.21. The molecular formula is C87H152O16P2. The number of aliphatic hydroxyl groups is 2. The van der Waals surface area contributed by atoms with E-state index in [0.29, 0.717) is 19.3 Å². The van der Waals surface area contributed by atoms with Gasteiger partial charge in [-0.2, -0.15) is 0 Å². The maximum absolute atomic E-state index is 12.9. The van der Waals surface area contributed by atoms with Crippen molar-refractivity contribution in [2.24, 2.45) is 0 Å². The van der Waals surface area contributed by atoms with Gasteiger partial charge >= 0.3 is 33.6 Å². The number of allylic oxidation sites excluding steroid dienone is 20. The van der Waals surface area contributed by atoms with Crippen LogP contribution in [0.25, 0.3) is 0 Å². The summed E-state index contributed by atoms with van der Waals surface area (Å²) in [5, 5.41) is 20.7. The molecule has 4 N–H and O–H groups in total. The van der Waals surface area contributed by atoms with Gasteiger partial charge in [0.05, 0.1) is 26.4 Å². The summed E-state index contributed by atoms with van der Waals surface area (Å²) < 4.78 is 61.1. The molecule has 0 spiro atoms. The highest BCUT2D eigenvalue weighted by Crippen LogP contribution is 2.45. The van der Waals surface area contributed by atoms with Crippen molar-refractivity contribution in [3.05, 3.63) is 122 Å². The molecule has 0 bridgehead atoms. The van der Waals surface area contributed by atoms with Crippen LogP contribution in [0, 0.1) is 0 Å². The van der Waals surface area contributed by atoms with E-state index in [1.165, 1.54) is 154 Å². The van der Waals surface area contributed by atoms with Crippen molar-refractivity contribution in [1.29, 1.82) is 0 Å².